The van der Waals surface area contributed by atoms with E-state index in [9.17, 15) is 10.2 Å². The van der Waals surface area contributed by atoms with E-state index in [-0.39, 0.29) is 26.4 Å². The minimum Gasteiger partial charge on any atom is -0.491 e. The van der Waals surface area contributed by atoms with Crippen molar-refractivity contribution in [1.82, 2.24) is 0 Å². The normalized spacial score (nSPS) is 12.7. The molecule has 0 saturated carbocycles. The Morgan fingerprint density at radius 1 is 0.407 bits per heavy atom. The van der Waals surface area contributed by atoms with Gasteiger partial charge in [-0.1, -0.05) is 136 Å². The van der Waals surface area contributed by atoms with E-state index in [4.69, 9.17) is 9.47 Å². The summed E-state index contributed by atoms with van der Waals surface area (Å²) in [5.74, 6) is 1.48. The number of benzene rings is 8. The lowest BCUT2D eigenvalue weighted by molar-refractivity contribution is 0.201. The third kappa shape index (κ3) is 7.18. The molecule has 8 aromatic carbocycles. The Bertz CT molecular complexity index is 2570. The fourth-order valence-corrected chi connectivity index (χ4v) is 9.20. The third-order valence-corrected chi connectivity index (χ3v) is 12.0. The fourth-order valence-electron chi connectivity index (χ4n) is 9.20. The first kappa shape index (κ1) is 38.3. The topological polar surface area (TPSA) is 58.9 Å². The van der Waals surface area contributed by atoms with Gasteiger partial charge in [0.05, 0.1) is 18.6 Å². The van der Waals surface area contributed by atoms with E-state index in [0.717, 1.165) is 58.7 Å². The molecule has 0 amide bonds. The van der Waals surface area contributed by atoms with Crippen LogP contribution in [0, 0.1) is 0 Å². The van der Waals surface area contributed by atoms with Crippen molar-refractivity contribution in [1.29, 1.82) is 0 Å². The van der Waals surface area contributed by atoms with Gasteiger partial charge < -0.3 is 19.7 Å². The molecule has 1 aliphatic rings. The van der Waals surface area contributed by atoms with E-state index in [1.807, 2.05) is 12.1 Å². The maximum atomic E-state index is 9.42. The van der Waals surface area contributed by atoms with Gasteiger partial charge in [-0.3, -0.25) is 0 Å². The van der Waals surface area contributed by atoms with Crippen LogP contribution in [0.25, 0.3) is 54.9 Å². The van der Waals surface area contributed by atoms with E-state index in [1.165, 1.54) is 66.8 Å². The zero-order valence-corrected chi connectivity index (χ0v) is 33.9. The van der Waals surface area contributed by atoms with Crippen molar-refractivity contribution in [3.63, 3.8) is 0 Å². The minimum atomic E-state index is -0.679. The Morgan fingerprint density at radius 3 is 1.20 bits per heavy atom. The van der Waals surface area contributed by atoms with Gasteiger partial charge in [0.2, 0.25) is 0 Å². The number of hydrogen-bond donors (Lipinski definition) is 2. The maximum absolute atomic E-state index is 9.42. The molecule has 0 aromatic heterocycles. The second-order valence-corrected chi connectivity index (χ2v) is 15.8. The highest BCUT2D eigenvalue weighted by Gasteiger charge is 2.47. The zero-order valence-electron chi connectivity index (χ0n) is 33.9. The van der Waals surface area contributed by atoms with Crippen LogP contribution in [0.3, 0.4) is 0 Å². The molecule has 0 heterocycles. The van der Waals surface area contributed by atoms with Crippen LogP contribution in [0.4, 0.5) is 0 Å². The van der Waals surface area contributed by atoms with Crippen LogP contribution in [0.5, 0.6) is 11.5 Å². The van der Waals surface area contributed by atoms with Crippen molar-refractivity contribution in [3.05, 3.63) is 191 Å². The molecule has 1 aliphatic carbocycles. The summed E-state index contributed by atoms with van der Waals surface area (Å²) in [6.45, 7) is 4.90. The molecule has 0 radical (unpaired) electrons. The Hall–Kier alpha value is -6.20. The summed E-state index contributed by atoms with van der Waals surface area (Å²) in [6.07, 6.45) is 4.38. The van der Waals surface area contributed by atoms with E-state index in [0.29, 0.717) is 0 Å². The van der Waals surface area contributed by atoms with Gasteiger partial charge >= 0.3 is 0 Å². The van der Waals surface area contributed by atoms with Crippen LogP contribution in [0.2, 0.25) is 0 Å². The van der Waals surface area contributed by atoms with E-state index in [1.54, 1.807) is 0 Å². The van der Waals surface area contributed by atoms with Crippen LogP contribution in [-0.2, 0) is 18.3 Å². The van der Waals surface area contributed by atoms with Crippen LogP contribution in [0.1, 0.15) is 60.1 Å². The van der Waals surface area contributed by atoms with Crippen molar-refractivity contribution >= 4 is 21.5 Å². The summed E-state index contributed by atoms with van der Waals surface area (Å²) >= 11 is 0. The molecular weight excluding hydrogens is 725 g/mol. The van der Waals surface area contributed by atoms with E-state index >= 15 is 0 Å². The number of rotatable bonds is 14. The molecule has 0 atom stereocenters. The molecule has 59 heavy (non-hydrogen) atoms. The highest BCUT2D eigenvalue weighted by Crippen LogP contribution is 2.58. The Morgan fingerprint density at radius 2 is 0.797 bits per heavy atom. The van der Waals surface area contributed by atoms with Crippen molar-refractivity contribution < 1.29 is 19.7 Å². The first-order valence-corrected chi connectivity index (χ1v) is 21.1. The molecule has 0 fully saturated rings. The maximum Gasteiger partial charge on any atom is 0.120 e. The molecule has 0 unspecified atom stereocenters. The molecule has 0 bridgehead atoms. The lowest BCUT2D eigenvalue weighted by Gasteiger charge is -2.35. The Labute approximate surface area is 347 Å². The number of aliphatic hydroxyl groups is 2. The molecule has 0 aliphatic heterocycles. The quantitative estimate of drug-likeness (QED) is 0.116. The number of ether oxygens (including phenoxy) is 2. The van der Waals surface area contributed by atoms with Gasteiger partial charge in [0, 0.05) is 0 Å². The monoisotopic (exact) mass is 774 g/mol. The smallest absolute Gasteiger partial charge is 0.120 e. The number of hydrogen-bond acceptors (Lipinski definition) is 4. The highest BCUT2D eigenvalue weighted by molar-refractivity contribution is 5.94. The molecule has 9 rings (SSSR count). The fraction of sp³-hybridized carbons (Fsp3) is 0.200. The molecule has 4 nitrogen and oxygen atoms in total. The highest BCUT2D eigenvalue weighted by atomic mass is 16.5. The summed E-state index contributed by atoms with van der Waals surface area (Å²) in [4.78, 5) is 0. The largest absolute Gasteiger partial charge is 0.491 e. The van der Waals surface area contributed by atoms with Crippen LogP contribution < -0.4 is 9.47 Å². The Balaban J connectivity index is 1.31. The van der Waals surface area contributed by atoms with E-state index < -0.39 is 5.41 Å². The standard InChI is InChI=1S/C55H50O4/c1-3-5-37-7-11-39(12-8-37)45-19-25-51-52-26-20-46(40-13-9-38(6-4-2)10-14-40)36-54(52)55(53(51)35-45,47-21-15-43-33-49(58-29-27-56)23-17-41(43)31-47)48-22-16-44-34-50(59-30-28-57)24-18-42(44)32-48/h7-26,31-36,56-57H,3-6,27-30H2,1-2H3. The SMILES string of the molecule is CCCc1ccc(-c2ccc3c(c2)C(c2ccc4cc(OCCO)ccc4c2)(c2ccc4cc(OCCO)ccc4c2)c2cc(-c4ccc(CCC)cc4)ccc2-3)cc1. The van der Waals surface area contributed by atoms with Crippen LogP contribution in [0.15, 0.2) is 158 Å². The van der Waals surface area contributed by atoms with Gasteiger partial charge in [-0.2, -0.15) is 0 Å². The minimum absolute atomic E-state index is 0.0309. The van der Waals surface area contributed by atoms with Gasteiger partial charge in [-0.15, -0.1) is 0 Å². The van der Waals surface area contributed by atoms with Gasteiger partial charge in [0.1, 0.15) is 24.7 Å². The van der Waals surface area contributed by atoms with Gasteiger partial charge in [0.15, 0.2) is 0 Å². The van der Waals surface area contributed by atoms with Crippen molar-refractivity contribution in [2.24, 2.45) is 0 Å². The molecule has 294 valence electrons. The zero-order chi connectivity index (χ0) is 40.3. The molecule has 8 aromatic rings. The van der Waals surface area contributed by atoms with Crippen molar-refractivity contribution in [3.8, 4) is 44.9 Å². The first-order chi connectivity index (χ1) is 29.0. The number of aliphatic hydroxyl groups excluding tert-OH is 2. The second-order valence-electron chi connectivity index (χ2n) is 15.8. The summed E-state index contributed by atoms with van der Waals surface area (Å²) in [6, 6.07) is 58.4. The third-order valence-electron chi connectivity index (χ3n) is 12.0. The van der Waals surface area contributed by atoms with Crippen LogP contribution in [-0.4, -0.2) is 36.6 Å². The summed E-state index contributed by atoms with van der Waals surface area (Å²) < 4.78 is 11.7. The summed E-state index contributed by atoms with van der Waals surface area (Å²) in [5.41, 5.74) is 14.2. The first-order valence-electron chi connectivity index (χ1n) is 21.1. The predicted molar refractivity (Wildman–Crippen MR) is 243 cm³/mol. The summed E-state index contributed by atoms with van der Waals surface area (Å²) in [5, 5.41) is 23.2. The number of fused-ring (bicyclic) bond motifs is 5. The van der Waals surface area contributed by atoms with E-state index in [2.05, 4.69) is 159 Å². The van der Waals surface area contributed by atoms with Crippen LogP contribution >= 0.6 is 0 Å². The average Bonchev–Trinajstić information content (AvgIpc) is 3.57. The lowest BCUT2D eigenvalue weighted by Crippen LogP contribution is -2.28. The lowest BCUT2D eigenvalue weighted by atomic mass is 9.66. The second kappa shape index (κ2) is 16.6. The van der Waals surface area contributed by atoms with Gasteiger partial charge in [-0.25, -0.2) is 0 Å². The molecule has 2 N–H and O–H groups in total. The molecule has 0 spiro atoms. The van der Waals surface area contributed by atoms with Gasteiger partial charge in [0.25, 0.3) is 0 Å². The summed E-state index contributed by atoms with van der Waals surface area (Å²) in [7, 11) is 0. The molecule has 4 heteroatoms. The average molecular weight is 775 g/mol. The molecular formula is C55H50O4. The van der Waals surface area contributed by atoms with Crippen molar-refractivity contribution in [2.75, 3.05) is 26.4 Å². The number of aryl methyl sites for hydroxylation is 2. The molecule has 0 saturated heterocycles. The predicted octanol–water partition coefficient (Wildman–Crippen LogP) is 12.3. The van der Waals surface area contributed by atoms with Crippen molar-refractivity contribution in [2.45, 2.75) is 44.9 Å². The Kier molecular flexibility index (Phi) is 10.8. The van der Waals surface area contributed by atoms with Gasteiger partial charge in [-0.05, 0) is 150 Å².